The van der Waals surface area contributed by atoms with Crippen LogP contribution < -0.4 is 10.6 Å². The normalized spacial score (nSPS) is 16.9. The molecule has 106 valence electrons. The molecule has 19 heavy (non-hydrogen) atoms. The summed E-state index contributed by atoms with van der Waals surface area (Å²) in [6, 6.07) is 6.63. The van der Waals surface area contributed by atoms with Crippen LogP contribution in [0.1, 0.15) is 38.7 Å². The molecule has 0 spiro atoms. The predicted molar refractivity (Wildman–Crippen MR) is 86.0 cm³/mol. The first kappa shape index (κ1) is 14.7. The minimum Gasteiger partial charge on any atom is -0.371 e. The van der Waals surface area contributed by atoms with Crippen LogP contribution in [0.15, 0.2) is 23.1 Å². The Morgan fingerprint density at radius 3 is 2.58 bits per heavy atom. The molecule has 0 amide bonds. The maximum atomic E-state index is 6.00. The zero-order valence-electron chi connectivity index (χ0n) is 12.2. The van der Waals surface area contributed by atoms with Gasteiger partial charge in [0.25, 0.3) is 0 Å². The molecule has 0 aliphatic carbocycles. The first-order valence-corrected chi connectivity index (χ1v) is 8.48. The summed E-state index contributed by atoms with van der Waals surface area (Å²) in [4.78, 5) is 3.90. The number of rotatable bonds is 5. The minimum absolute atomic E-state index is 0.645. The van der Waals surface area contributed by atoms with E-state index in [9.17, 15) is 0 Å². The van der Waals surface area contributed by atoms with Gasteiger partial charge in [-0.3, -0.25) is 0 Å². The Hall–Kier alpha value is -0.670. The van der Waals surface area contributed by atoms with Crippen LogP contribution in [-0.2, 0) is 6.54 Å². The molecule has 0 unspecified atom stereocenters. The van der Waals surface area contributed by atoms with Gasteiger partial charge in [-0.1, -0.05) is 26.3 Å². The Kier molecular flexibility index (Phi) is 5.59. The van der Waals surface area contributed by atoms with Crippen LogP contribution >= 0.6 is 11.8 Å². The lowest BCUT2D eigenvalue weighted by Gasteiger charge is -2.34. The number of anilines is 1. The maximum Gasteiger partial charge on any atom is 0.0423 e. The third kappa shape index (κ3) is 3.46. The highest BCUT2D eigenvalue weighted by molar-refractivity contribution is 7.99. The lowest BCUT2D eigenvalue weighted by atomic mass is 9.94. The van der Waals surface area contributed by atoms with Crippen molar-refractivity contribution in [2.24, 2.45) is 11.7 Å². The third-order valence-electron chi connectivity index (χ3n) is 4.14. The van der Waals surface area contributed by atoms with Gasteiger partial charge in [0.05, 0.1) is 0 Å². The summed E-state index contributed by atoms with van der Waals surface area (Å²) in [5, 5.41) is 0. The summed E-state index contributed by atoms with van der Waals surface area (Å²) in [5.74, 6) is 2.03. The van der Waals surface area contributed by atoms with Crippen molar-refractivity contribution in [2.75, 3.05) is 23.7 Å². The zero-order chi connectivity index (χ0) is 13.7. The van der Waals surface area contributed by atoms with Gasteiger partial charge in [-0.2, -0.15) is 0 Å². The molecule has 3 heteroatoms. The van der Waals surface area contributed by atoms with Crippen molar-refractivity contribution in [1.29, 1.82) is 0 Å². The Morgan fingerprint density at radius 1 is 1.26 bits per heavy atom. The van der Waals surface area contributed by atoms with Crippen LogP contribution in [0, 0.1) is 5.92 Å². The standard InChI is InChI=1S/C16H26N2S/c1-3-13-8-10-18(11-9-13)15-6-5-7-16(19-4-2)14(15)12-17/h5-7,13H,3-4,8-12,17H2,1-2H3. The Balaban J connectivity index is 2.17. The molecule has 1 heterocycles. The molecular weight excluding hydrogens is 252 g/mol. The first-order chi connectivity index (χ1) is 9.30. The molecule has 1 aliphatic heterocycles. The molecule has 0 bridgehead atoms. The largest absolute Gasteiger partial charge is 0.371 e. The average molecular weight is 278 g/mol. The summed E-state index contributed by atoms with van der Waals surface area (Å²) in [6.45, 7) is 7.53. The van der Waals surface area contributed by atoms with Crippen molar-refractivity contribution < 1.29 is 0 Å². The van der Waals surface area contributed by atoms with Crippen molar-refractivity contribution in [2.45, 2.75) is 44.6 Å². The number of benzene rings is 1. The van der Waals surface area contributed by atoms with Crippen molar-refractivity contribution in [1.82, 2.24) is 0 Å². The van der Waals surface area contributed by atoms with E-state index in [-0.39, 0.29) is 0 Å². The minimum atomic E-state index is 0.645. The van der Waals surface area contributed by atoms with E-state index in [1.54, 1.807) is 0 Å². The predicted octanol–water partition coefficient (Wildman–Crippen LogP) is 3.88. The second-order valence-electron chi connectivity index (χ2n) is 5.23. The van der Waals surface area contributed by atoms with Crippen molar-refractivity contribution >= 4 is 17.4 Å². The van der Waals surface area contributed by atoms with E-state index in [0.717, 1.165) is 11.7 Å². The van der Waals surface area contributed by atoms with Crippen molar-refractivity contribution in [3.63, 3.8) is 0 Å². The van der Waals surface area contributed by atoms with Crippen LogP contribution in [0.2, 0.25) is 0 Å². The fraction of sp³-hybridized carbons (Fsp3) is 0.625. The lowest BCUT2D eigenvalue weighted by molar-refractivity contribution is 0.394. The second-order valence-corrected chi connectivity index (χ2v) is 6.54. The van der Waals surface area contributed by atoms with Crippen molar-refractivity contribution in [3.05, 3.63) is 23.8 Å². The fourth-order valence-corrected chi connectivity index (χ4v) is 3.78. The molecule has 0 aromatic heterocycles. The molecule has 1 saturated heterocycles. The molecule has 0 radical (unpaired) electrons. The number of nitrogens with zero attached hydrogens (tertiary/aromatic N) is 1. The Bertz CT molecular complexity index is 398. The Morgan fingerprint density at radius 2 is 2.00 bits per heavy atom. The average Bonchev–Trinajstić information content (AvgIpc) is 2.47. The van der Waals surface area contributed by atoms with E-state index in [1.165, 1.54) is 48.5 Å². The van der Waals surface area contributed by atoms with Gasteiger partial charge in [-0.05, 0) is 36.6 Å². The number of hydrogen-bond acceptors (Lipinski definition) is 3. The summed E-state index contributed by atoms with van der Waals surface area (Å²) in [6.07, 6.45) is 3.97. The van der Waals surface area contributed by atoms with Crippen molar-refractivity contribution in [3.8, 4) is 0 Å². The second kappa shape index (κ2) is 7.20. The van der Waals surface area contributed by atoms with Crippen LogP contribution in [-0.4, -0.2) is 18.8 Å². The maximum absolute atomic E-state index is 6.00. The molecule has 1 fully saturated rings. The topological polar surface area (TPSA) is 29.3 Å². The van der Waals surface area contributed by atoms with Gasteiger partial charge < -0.3 is 10.6 Å². The molecule has 0 atom stereocenters. The highest BCUT2D eigenvalue weighted by atomic mass is 32.2. The lowest BCUT2D eigenvalue weighted by Crippen LogP contribution is -2.34. The number of thioether (sulfide) groups is 1. The highest BCUT2D eigenvalue weighted by Crippen LogP contribution is 2.33. The molecular formula is C16H26N2S. The van der Waals surface area contributed by atoms with Crippen LogP contribution in [0.3, 0.4) is 0 Å². The monoisotopic (exact) mass is 278 g/mol. The van der Waals surface area contributed by atoms with Crippen LogP contribution in [0.4, 0.5) is 5.69 Å². The summed E-state index contributed by atoms with van der Waals surface area (Å²) in [7, 11) is 0. The van der Waals surface area contributed by atoms with Gasteiger partial charge in [0.1, 0.15) is 0 Å². The van der Waals surface area contributed by atoms with Crippen LogP contribution in [0.25, 0.3) is 0 Å². The summed E-state index contributed by atoms with van der Waals surface area (Å²) >= 11 is 1.90. The van der Waals surface area contributed by atoms with E-state index >= 15 is 0 Å². The molecule has 2 N–H and O–H groups in total. The van der Waals surface area contributed by atoms with E-state index in [4.69, 9.17) is 5.73 Å². The van der Waals surface area contributed by atoms with Gasteiger partial charge in [-0.25, -0.2) is 0 Å². The molecule has 2 rings (SSSR count). The smallest absolute Gasteiger partial charge is 0.0423 e. The van der Waals surface area contributed by atoms with Gasteiger partial charge in [0, 0.05) is 35.8 Å². The molecule has 1 aromatic rings. The van der Waals surface area contributed by atoms with Crippen LogP contribution in [0.5, 0.6) is 0 Å². The number of nitrogens with two attached hydrogens (primary N) is 1. The zero-order valence-corrected chi connectivity index (χ0v) is 13.0. The molecule has 1 aromatic carbocycles. The van der Waals surface area contributed by atoms with Gasteiger partial charge in [-0.15, -0.1) is 11.8 Å². The van der Waals surface area contributed by atoms with Gasteiger partial charge >= 0.3 is 0 Å². The summed E-state index contributed by atoms with van der Waals surface area (Å²) < 4.78 is 0. The highest BCUT2D eigenvalue weighted by Gasteiger charge is 2.20. The molecule has 1 aliphatic rings. The summed E-state index contributed by atoms with van der Waals surface area (Å²) in [5.41, 5.74) is 8.71. The van der Waals surface area contributed by atoms with E-state index in [0.29, 0.717) is 6.54 Å². The molecule has 2 nitrogen and oxygen atoms in total. The SMILES string of the molecule is CCSc1cccc(N2CCC(CC)CC2)c1CN. The Labute approximate surface area is 121 Å². The van der Waals surface area contributed by atoms with E-state index in [2.05, 4.69) is 36.9 Å². The van der Waals surface area contributed by atoms with E-state index < -0.39 is 0 Å². The van der Waals surface area contributed by atoms with Gasteiger partial charge in [0.15, 0.2) is 0 Å². The third-order valence-corrected chi connectivity index (χ3v) is 5.13. The fourth-order valence-electron chi connectivity index (χ4n) is 2.93. The van der Waals surface area contributed by atoms with Gasteiger partial charge in [0.2, 0.25) is 0 Å². The molecule has 0 saturated carbocycles. The quantitative estimate of drug-likeness (QED) is 0.829. The number of hydrogen-bond donors (Lipinski definition) is 1. The first-order valence-electron chi connectivity index (χ1n) is 7.49. The number of piperidine rings is 1. The van der Waals surface area contributed by atoms with E-state index in [1.807, 2.05) is 11.8 Å².